The SMILES string of the molecule is CCC/C=C\C/C=C\CCCCCCCC(=O)OCC(COC(=O)CCCCCCCCCCCCCCCCCCCCCCC/C=C\C/C=C\CCCCCCC)OC(=O)CCCCCCC/C=C\CCCCCCC. The normalized spacial score (nSPS) is 12.4. The molecule has 0 aliphatic carbocycles. The third-order valence-electron chi connectivity index (χ3n) is 15.2. The number of carbonyl (C=O) groups is 3. The summed E-state index contributed by atoms with van der Waals surface area (Å²) in [6, 6.07) is 0. The summed E-state index contributed by atoms with van der Waals surface area (Å²) in [5.41, 5.74) is 0. The molecule has 6 nitrogen and oxygen atoms in total. The summed E-state index contributed by atoms with van der Waals surface area (Å²) >= 11 is 0. The Bertz CT molecular complexity index is 1390. The molecule has 0 heterocycles. The maximum Gasteiger partial charge on any atom is 0.306 e. The fourth-order valence-electron chi connectivity index (χ4n) is 10.0. The van der Waals surface area contributed by atoms with Gasteiger partial charge in [-0.25, -0.2) is 0 Å². The predicted octanol–water partition coefficient (Wildman–Crippen LogP) is 23.5. The van der Waals surface area contributed by atoms with Crippen molar-refractivity contribution in [1.29, 1.82) is 0 Å². The van der Waals surface area contributed by atoms with E-state index in [1.54, 1.807) is 0 Å². The van der Waals surface area contributed by atoms with E-state index in [-0.39, 0.29) is 31.1 Å². The van der Waals surface area contributed by atoms with Crippen LogP contribution >= 0.6 is 0 Å². The summed E-state index contributed by atoms with van der Waals surface area (Å²) in [5, 5.41) is 0. The molecular formula is C72H130O6. The van der Waals surface area contributed by atoms with E-state index in [0.29, 0.717) is 19.3 Å². The molecular weight excluding hydrogens is 961 g/mol. The Morgan fingerprint density at radius 1 is 0.256 bits per heavy atom. The van der Waals surface area contributed by atoms with Crippen LogP contribution in [0.1, 0.15) is 361 Å². The van der Waals surface area contributed by atoms with Crippen molar-refractivity contribution in [2.45, 2.75) is 367 Å². The van der Waals surface area contributed by atoms with E-state index >= 15 is 0 Å². The lowest BCUT2D eigenvalue weighted by molar-refractivity contribution is -0.167. The highest BCUT2D eigenvalue weighted by Gasteiger charge is 2.19. The maximum absolute atomic E-state index is 12.9. The van der Waals surface area contributed by atoms with Crippen molar-refractivity contribution in [3.63, 3.8) is 0 Å². The highest BCUT2D eigenvalue weighted by atomic mass is 16.6. The van der Waals surface area contributed by atoms with Gasteiger partial charge >= 0.3 is 17.9 Å². The van der Waals surface area contributed by atoms with E-state index in [1.807, 2.05) is 0 Å². The van der Waals surface area contributed by atoms with E-state index in [9.17, 15) is 14.4 Å². The van der Waals surface area contributed by atoms with Gasteiger partial charge in [0.05, 0.1) is 0 Å². The maximum atomic E-state index is 12.9. The van der Waals surface area contributed by atoms with Crippen LogP contribution < -0.4 is 0 Å². The lowest BCUT2D eigenvalue weighted by Crippen LogP contribution is -2.30. The Kier molecular flexibility index (Phi) is 64.2. The number of ether oxygens (including phenoxy) is 3. The van der Waals surface area contributed by atoms with Crippen LogP contribution in [0.2, 0.25) is 0 Å². The summed E-state index contributed by atoms with van der Waals surface area (Å²) < 4.78 is 16.9. The zero-order chi connectivity index (χ0) is 56.4. The molecule has 1 atom stereocenters. The fourth-order valence-corrected chi connectivity index (χ4v) is 10.0. The number of allylic oxidation sites excluding steroid dienone is 10. The van der Waals surface area contributed by atoms with E-state index in [1.165, 1.54) is 218 Å². The predicted molar refractivity (Wildman–Crippen MR) is 339 cm³/mol. The lowest BCUT2D eigenvalue weighted by atomic mass is 10.0. The summed E-state index contributed by atoms with van der Waals surface area (Å²) in [6.07, 6.45) is 85.5. The first-order valence-electron chi connectivity index (χ1n) is 34.3. The average molecular weight is 1090 g/mol. The van der Waals surface area contributed by atoms with Crippen LogP contribution in [0.5, 0.6) is 0 Å². The van der Waals surface area contributed by atoms with Crippen molar-refractivity contribution in [2.24, 2.45) is 0 Å². The number of unbranched alkanes of at least 4 members (excludes halogenated alkanes) is 42. The number of carbonyl (C=O) groups excluding carboxylic acids is 3. The van der Waals surface area contributed by atoms with Gasteiger partial charge in [0.1, 0.15) is 13.2 Å². The van der Waals surface area contributed by atoms with Gasteiger partial charge in [-0.3, -0.25) is 14.4 Å². The minimum Gasteiger partial charge on any atom is -0.462 e. The van der Waals surface area contributed by atoms with Crippen LogP contribution in [0.25, 0.3) is 0 Å². The molecule has 1 unspecified atom stereocenters. The summed E-state index contributed by atoms with van der Waals surface area (Å²) in [4.78, 5) is 38.3. The molecule has 78 heavy (non-hydrogen) atoms. The Hall–Kier alpha value is -2.89. The molecule has 0 saturated carbocycles. The van der Waals surface area contributed by atoms with Gasteiger partial charge < -0.3 is 14.2 Å². The standard InChI is InChI=1S/C72H130O6/c1-4-7-10-13-16-19-22-25-27-28-29-30-31-32-33-34-35-36-37-38-39-40-41-42-43-44-45-48-50-53-56-59-62-65-71(74)77-68-69(67-76-70(73)64-61-58-55-52-49-46-24-21-18-15-12-9-6-3)78-72(75)66-63-60-57-54-51-47-26-23-20-17-14-11-8-5-2/h12,15,21-26,28-29,69H,4-11,13-14,16-20,27,30-68H2,1-3H3/b15-12-,24-21-,25-22-,26-23-,29-28-. The second kappa shape index (κ2) is 66.6. The molecule has 0 N–H and O–H groups in total. The molecule has 454 valence electrons. The molecule has 0 radical (unpaired) electrons. The Balaban J connectivity index is 4.09. The summed E-state index contributed by atoms with van der Waals surface area (Å²) in [6.45, 7) is 6.58. The van der Waals surface area contributed by atoms with Crippen LogP contribution in [0.15, 0.2) is 60.8 Å². The largest absolute Gasteiger partial charge is 0.462 e. The van der Waals surface area contributed by atoms with Crippen molar-refractivity contribution in [3.8, 4) is 0 Å². The molecule has 0 aliphatic heterocycles. The second-order valence-corrected chi connectivity index (χ2v) is 23.1. The highest BCUT2D eigenvalue weighted by Crippen LogP contribution is 2.18. The number of hydrogen-bond acceptors (Lipinski definition) is 6. The highest BCUT2D eigenvalue weighted by molar-refractivity contribution is 5.71. The molecule has 0 aromatic rings. The third-order valence-corrected chi connectivity index (χ3v) is 15.2. The van der Waals surface area contributed by atoms with Gasteiger partial charge in [0.15, 0.2) is 6.10 Å². The smallest absolute Gasteiger partial charge is 0.306 e. The quantitative estimate of drug-likeness (QED) is 0.0261. The van der Waals surface area contributed by atoms with Crippen LogP contribution in [0.4, 0.5) is 0 Å². The van der Waals surface area contributed by atoms with E-state index in [2.05, 4.69) is 81.5 Å². The monoisotopic (exact) mass is 1090 g/mol. The van der Waals surface area contributed by atoms with Crippen molar-refractivity contribution < 1.29 is 28.6 Å². The molecule has 0 aliphatic rings. The van der Waals surface area contributed by atoms with Gasteiger partial charge in [0, 0.05) is 19.3 Å². The van der Waals surface area contributed by atoms with Crippen molar-refractivity contribution in [2.75, 3.05) is 13.2 Å². The first kappa shape index (κ1) is 75.1. The average Bonchev–Trinajstić information content (AvgIpc) is 3.44. The van der Waals surface area contributed by atoms with E-state index < -0.39 is 6.10 Å². The molecule has 0 bridgehead atoms. The number of hydrogen-bond donors (Lipinski definition) is 0. The fraction of sp³-hybridized carbons (Fsp3) is 0.819. The third kappa shape index (κ3) is 63.9. The lowest BCUT2D eigenvalue weighted by Gasteiger charge is -2.18. The van der Waals surface area contributed by atoms with Crippen LogP contribution in [-0.4, -0.2) is 37.2 Å². The molecule has 0 spiro atoms. The number of esters is 3. The minimum atomic E-state index is -0.783. The second-order valence-electron chi connectivity index (χ2n) is 23.1. The van der Waals surface area contributed by atoms with Gasteiger partial charge in [-0.05, 0) is 103 Å². The molecule has 0 amide bonds. The van der Waals surface area contributed by atoms with E-state index in [0.717, 1.165) is 103 Å². The molecule has 6 heteroatoms. The van der Waals surface area contributed by atoms with Crippen molar-refractivity contribution in [3.05, 3.63) is 60.8 Å². The van der Waals surface area contributed by atoms with Crippen LogP contribution in [0, 0.1) is 0 Å². The minimum absolute atomic E-state index is 0.0786. The summed E-state index contributed by atoms with van der Waals surface area (Å²) in [7, 11) is 0. The summed E-state index contributed by atoms with van der Waals surface area (Å²) in [5.74, 6) is -0.884. The molecule has 0 aromatic carbocycles. The molecule has 0 fully saturated rings. The Morgan fingerprint density at radius 2 is 0.487 bits per heavy atom. The molecule has 0 rings (SSSR count). The zero-order valence-corrected chi connectivity index (χ0v) is 52.2. The molecule has 0 aromatic heterocycles. The molecule has 0 saturated heterocycles. The van der Waals surface area contributed by atoms with E-state index in [4.69, 9.17) is 14.2 Å². The first-order valence-corrected chi connectivity index (χ1v) is 34.3. The zero-order valence-electron chi connectivity index (χ0n) is 52.2. The van der Waals surface area contributed by atoms with Crippen LogP contribution in [0.3, 0.4) is 0 Å². The van der Waals surface area contributed by atoms with Gasteiger partial charge in [-0.15, -0.1) is 0 Å². The van der Waals surface area contributed by atoms with Crippen LogP contribution in [-0.2, 0) is 28.6 Å². The van der Waals surface area contributed by atoms with Crippen molar-refractivity contribution >= 4 is 17.9 Å². The first-order chi connectivity index (χ1) is 38.5. The van der Waals surface area contributed by atoms with Gasteiger partial charge in [-0.1, -0.05) is 300 Å². The van der Waals surface area contributed by atoms with Gasteiger partial charge in [0.25, 0.3) is 0 Å². The number of rotatable bonds is 63. The Morgan fingerprint density at radius 3 is 0.769 bits per heavy atom. The van der Waals surface area contributed by atoms with Gasteiger partial charge in [0.2, 0.25) is 0 Å². The topological polar surface area (TPSA) is 78.9 Å². The van der Waals surface area contributed by atoms with Crippen molar-refractivity contribution in [1.82, 2.24) is 0 Å². The Labute approximate surface area is 485 Å². The van der Waals surface area contributed by atoms with Gasteiger partial charge in [-0.2, -0.15) is 0 Å².